The third-order valence-electron chi connectivity index (χ3n) is 3.70. The molecule has 5 nitrogen and oxygen atoms in total. The number of aryl methyl sites for hydroxylation is 2. The van der Waals surface area contributed by atoms with Gasteiger partial charge in [-0.1, -0.05) is 0 Å². The van der Waals surface area contributed by atoms with Crippen molar-refractivity contribution < 1.29 is 0 Å². The van der Waals surface area contributed by atoms with Gasteiger partial charge < -0.3 is 9.55 Å². The SMILES string of the molecule is Cc1nc2c(c(=O)[nH]1)CN(Cc1cccn1C)CC2. The van der Waals surface area contributed by atoms with Crippen LogP contribution in [0.4, 0.5) is 0 Å². The molecule has 100 valence electrons. The van der Waals surface area contributed by atoms with Crippen LogP contribution in [0.1, 0.15) is 22.8 Å². The van der Waals surface area contributed by atoms with E-state index < -0.39 is 0 Å². The van der Waals surface area contributed by atoms with Crippen molar-refractivity contribution in [1.82, 2.24) is 19.4 Å². The summed E-state index contributed by atoms with van der Waals surface area (Å²) in [4.78, 5) is 21.5. The first-order valence-electron chi connectivity index (χ1n) is 6.55. The zero-order valence-corrected chi connectivity index (χ0v) is 11.3. The van der Waals surface area contributed by atoms with Gasteiger partial charge in [-0.2, -0.15) is 0 Å². The van der Waals surface area contributed by atoms with Crippen LogP contribution in [0, 0.1) is 6.92 Å². The lowest BCUT2D eigenvalue weighted by atomic mass is 10.1. The molecule has 0 atom stereocenters. The van der Waals surface area contributed by atoms with Crippen LogP contribution in [0.2, 0.25) is 0 Å². The Morgan fingerprint density at radius 1 is 1.47 bits per heavy atom. The smallest absolute Gasteiger partial charge is 0.255 e. The van der Waals surface area contributed by atoms with E-state index in [4.69, 9.17) is 0 Å². The summed E-state index contributed by atoms with van der Waals surface area (Å²) in [5, 5.41) is 0. The van der Waals surface area contributed by atoms with Crippen molar-refractivity contribution in [3.63, 3.8) is 0 Å². The van der Waals surface area contributed by atoms with Gasteiger partial charge in [-0.3, -0.25) is 9.69 Å². The highest BCUT2D eigenvalue weighted by molar-refractivity contribution is 5.21. The summed E-state index contributed by atoms with van der Waals surface area (Å²) in [6, 6.07) is 4.16. The van der Waals surface area contributed by atoms with Gasteiger partial charge >= 0.3 is 0 Å². The molecule has 2 aromatic rings. The monoisotopic (exact) mass is 258 g/mol. The summed E-state index contributed by atoms with van der Waals surface area (Å²) in [5.41, 5.74) is 3.06. The van der Waals surface area contributed by atoms with Crippen LogP contribution in [0.5, 0.6) is 0 Å². The largest absolute Gasteiger partial charge is 0.353 e. The Morgan fingerprint density at radius 2 is 2.32 bits per heavy atom. The zero-order valence-electron chi connectivity index (χ0n) is 11.3. The molecule has 1 N–H and O–H groups in total. The summed E-state index contributed by atoms with van der Waals surface area (Å²) in [5.74, 6) is 0.708. The minimum Gasteiger partial charge on any atom is -0.353 e. The number of nitrogens with one attached hydrogen (secondary N) is 1. The van der Waals surface area contributed by atoms with E-state index in [0.717, 1.165) is 30.8 Å². The van der Waals surface area contributed by atoms with Crippen LogP contribution in [0.3, 0.4) is 0 Å². The molecule has 0 saturated carbocycles. The maximum Gasteiger partial charge on any atom is 0.255 e. The van der Waals surface area contributed by atoms with E-state index in [0.29, 0.717) is 12.4 Å². The van der Waals surface area contributed by atoms with Crippen LogP contribution in [-0.4, -0.2) is 26.0 Å². The number of aromatic nitrogens is 3. The van der Waals surface area contributed by atoms with Gasteiger partial charge in [0.1, 0.15) is 5.82 Å². The molecule has 3 rings (SSSR count). The maximum absolute atomic E-state index is 12.0. The van der Waals surface area contributed by atoms with Crippen molar-refractivity contribution in [2.75, 3.05) is 6.54 Å². The van der Waals surface area contributed by atoms with E-state index in [1.54, 1.807) is 0 Å². The highest BCUT2D eigenvalue weighted by Crippen LogP contribution is 2.16. The second-order valence-electron chi connectivity index (χ2n) is 5.15. The topological polar surface area (TPSA) is 53.9 Å². The fourth-order valence-electron chi connectivity index (χ4n) is 2.63. The van der Waals surface area contributed by atoms with Crippen molar-refractivity contribution in [3.8, 4) is 0 Å². The van der Waals surface area contributed by atoms with E-state index in [9.17, 15) is 4.79 Å². The number of H-pyrrole nitrogens is 1. The summed E-state index contributed by atoms with van der Waals surface area (Å²) in [6.07, 6.45) is 2.90. The van der Waals surface area contributed by atoms with Gasteiger partial charge in [0, 0.05) is 45.0 Å². The third-order valence-corrected chi connectivity index (χ3v) is 3.70. The minimum absolute atomic E-state index is 0.0130. The van der Waals surface area contributed by atoms with Crippen LogP contribution in [0.15, 0.2) is 23.1 Å². The van der Waals surface area contributed by atoms with Gasteiger partial charge in [0.05, 0.1) is 11.3 Å². The minimum atomic E-state index is 0.0130. The molecule has 0 aromatic carbocycles. The Labute approximate surface area is 111 Å². The number of hydrogen-bond acceptors (Lipinski definition) is 3. The molecular weight excluding hydrogens is 240 g/mol. The summed E-state index contributed by atoms with van der Waals surface area (Å²) >= 11 is 0. The number of aromatic amines is 1. The van der Waals surface area contributed by atoms with Crippen LogP contribution >= 0.6 is 0 Å². The molecule has 0 saturated heterocycles. The van der Waals surface area contributed by atoms with E-state index >= 15 is 0 Å². The van der Waals surface area contributed by atoms with Gasteiger partial charge in [-0.05, 0) is 19.1 Å². The molecule has 1 aliphatic rings. The molecule has 3 heterocycles. The predicted molar refractivity (Wildman–Crippen MR) is 72.8 cm³/mol. The summed E-state index contributed by atoms with van der Waals surface area (Å²) < 4.78 is 2.12. The molecule has 0 fully saturated rings. The normalized spacial score (nSPS) is 15.5. The molecule has 0 aliphatic carbocycles. The third kappa shape index (κ3) is 2.33. The molecular formula is C14H18N4O. The first kappa shape index (κ1) is 12.2. The maximum atomic E-state index is 12.0. The number of nitrogens with zero attached hydrogens (tertiary/aromatic N) is 3. The molecule has 19 heavy (non-hydrogen) atoms. The van der Waals surface area contributed by atoms with Crippen LogP contribution < -0.4 is 5.56 Å². The lowest BCUT2D eigenvalue weighted by Gasteiger charge is -2.27. The van der Waals surface area contributed by atoms with E-state index in [2.05, 4.69) is 25.5 Å². The van der Waals surface area contributed by atoms with E-state index in [-0.39, 0.29) is 5.56 Å². The summed E-state index contributed by atoms with van der Waals surface area (Å²) in [7, 11) is 2.05. The highest BCUT2D eigenvalue weighted by atomic mass is 16.1. The number of hydrogen-bond donors (Lipinski definition) is 1. The van der Waals surface area contributed by atoms with Crippen molar-refractivity contribution in [2.45, 2.75) is 26.4 Å². The first-order chi connectivity index (χ1) is 9.13. The quantitative estimate of drug-likeness (QED) is 0.873. The Balaban J connectivity index is 1.83. The van der Waals surface area contributed by atoms with Crippen molar-refractivity contribution in [3.05, 3.63) is 51.5 Å². The molecule has 0 unspecified atom stereocenters. The van der Waals surface area contributed by atoms with Gasteiger partial charge in [-0.25, -0.2) is 4.98 Å². The van der Waals surface area contributed by atoms with Crippen molar-refractivity contribution in [2.24, 2.45) is 7.05 Å². The molecule has 0 radical (unpaired) electrons. The van der Waals surface area contributed by atoms with Gasteiger partial charge in [0.25, 0.3) is 5.56 Å². The molecule has 1 aliphatic heterocycles. The predicted octanol–water partition coefficient (Wildman–Crippen LogP) is 0.975. The van der Waals surface area contributed by atoms with Crippen LogP contribution in [0.25, 0.3) is 0 Å². The molecule has 5 heteroatoms. The second-order valence-corrected chi connectivity index (χ2v) is 5.15. The summed E-state index contributed by atoms with van der Waals surface area (Å²) in [6.45, 7) is 4.34. The first-order valence-corrected chi connectivity index (χ1v) is 6.55. The van der Waals surface area contributed by atoms with Gasteiger partial charge in [-0.15, -0.1) is 0 Å². The average molecular weight is 258 g/mol. The molecule has 2 aromatic heterocycles. The van der Waals surface area contributed by atoms with Gasteiger partial charge in [0.2, 0.25) is 0 Å². The van der Waals surface area contributed by atoms with Crippen LogP contribution in [-0.2, 0) is 26.6 Å². The Hall–Kier alpha value is -1.88. The standard InChI is InChI=1S/C14H18N4O/c1-10-15-13-5-7-18(9-12(13)14(19)16-10)8-11-4-3-6-17(11)2/h3-4,6H,5,7-9H2,1-2H3,(H,15,16,19). The van der Waals surface area contributed by atoms with Crippen molar-refractivity contribution in [1.29, 1.82) is 0 Å². The molecule has 0 bridgehead atoms. The number of rotatable bonds is 2. The fourth-order valence-corrected chi connectivity index (χ4v) is 2.63. The lowest BCUT2D eigenvalue weighted by Crippen LogP contribution is -2.35. The molecule has 0 amide bonds. The Morgan fingerprint density at radius 3 is 3.05 bits per heavy atom. The Bertz CT molecular complexity index is 656. The number of fused-ring (bicyclic) bond motifs is 1. The van der Waals surface area contributed by atoms with Gasteiger partial charge in [0.15, 0.2) is 0 Å². The zero-order chi connectivity index (χ0) is 13.4. The Kier molecular flexibility index (Phi) is 2.98. The molecule has 0 spiro atoms. The second kappa shape index (κ2) is 4.66. The lowest BCUT2D eigenvalue weighted by molar-refractivity contribution is 0.236. The van der Waals surface area contributed by atoms with Crippen molar-refractivity contribution >= 4 is 0 Å². The van der Waals surface area contributed by atoms with E-state index in [1.165, 1.54) is 5.69 Å². The average Bonchev–Trinajstić information content (AvgIpc) is 2.76. The fraction of sp³-hybridized carbons (Fsp3) is 0.429. The van der Waals surface area contributed by atoms with E-state index in [1.807, 2.05) is 26.2 Å². The highest BCUT2D eigenvalue weighted by Gasteiger charge is 2.21.